The molecule has 0 aromatic heterocycles. The number of aliphatic hydroxyl groups excluding tert-OH is 1. The summed E-state index contributed by atoms with van der Waals surface area (Å²) in [5.74, 6) is -1.24. The number of anilines is 1. The lowest BCUT2D eigenvalue weighted by molar-refractivity contribution is -0.136. The molecule has 0 saturated carbocycles. The average Bonchev–Trinajstić information content (AvgIpc) is 2.85. The van der Waals surface area contributed by atoms with Crippen molar-refractivity contribution >= 4 is 39.3 Å². The van der Waals surface area contributed by atoms with Crippen LogP contribution in [0.25, 0.3) is 0 Å². The van der Waals surface area contributed by atoms with Gasteiger partial charge >= 0.3 is 5.97 Å². The smallest absolute Gasteiger partial charge is 0.337 e. The summed E-state index contributed by atoms with van der Waals surface area (Å²) in [5.41, 5.74) is 1.02. The topological polar surface area (TPSA) is 95.9 Å². The number of methoxy groups -OCH3 is 1. The molecule has 0 aliphatic carbocycles. The second-order valence-corrected chi connectivity index (χ2v) is 6.08. The molecule has 1 aliphatic rings. The van der Waals surface area contributed by atoms with Gasteiger partial charge in [0, 0.05) is 22.3 Å². The van der Waals surface area contributed by atoms with E-state index in [1.54, 1.807) is 18.2 Å². The largest absolute Gasteiger partial charge is 0.466 e. The first-order valence-corrected chi connectivity index (χ1v) is 7.97. The van der Waals surface area contributed by atoms with Crippen molar-refractivity contribution in [2.45, 2.75) is 6.92 Å². The minimum atomic E-state index is -0.632. The number of hydrogen-bond acceptors (Lipinski definition) is 6. The Labute approximate surface area is 147 Å². The fourth-order valence-electron chi connectivity index (χ4n) is 2.40. The van der Waals surface area contributed by atoms with Crippen LogP contribution in [-0.4, -0.2) is 54.5 Å². The number of hydrogen-bond donors (Lipinski definition) is 2. The normalized spacial score (nSPS) is 14.2. The number of esters is 1. The highest BCUT2D eigenvalue weighted by molar-refractivity contribution is 9.10. The Morgan fingerprint density at radius 1 is 1.42 bits per heavy atom. The molecule has 0 fully saturated rings. The van der Waals surface area contributed by atoms with E-state index < -0.39 is 11.9 Å². The van der Waals surface area contributed by atoms with Gasteiger partial charge < -0.3 is 20.1 Å². The number of halogens is 1. The van der Waals surface area contributed by atoms with Crippen LogP contribution in [0.1, 0.15) is 17.3 Å². The van der Waals surface area contributed by atoms with Crippen molar-refractivity contribution in [1.29, 1.82) is 0 Å². The van der Waals surface area contributed by atoms with Crippen molar-refractivity contribution in [3.05, 3.63) is 39.5 Å². The number of nitrogens with zero attached hydrogens (tertiary/aromatic N) is 1. The minimum absolute atomic E-state index is 0.0420. The van der Waals surface area contributed by atoms with Crippen molar-refractivity contribution < 1.29 is 24.2 Å². The third kappa shape index (κ3) is 3.65. The maximum atomic E-state index is 12.5. The standard InChI is InChI=1S/C16H17BrN2O5/c1-9(21)11-7-10(17)3-4-13(11)18-14-12(16(23)24-2)8-19(5-6-20)15(14)22/h3-4,7,18,20H,5-6,8H2,1-2H3. The van der Waals surface area contributed by atoms with Crippen LogP contribution in [-0.2, 0) is 14.3 Å². The van der Waals surface area contributed by atoms with E-state index >= 15 is 0 Å². The first-order chi connectivity index (χ1) is 11.4. The van der Waals surface area contributed by atoms with E-state index in [-0.39, 0.29) is 36.7 Å². The number of aliphatic hydroxyl groups is 1. The van der Waals surface area contributed by atoms with Gasteiger partial charge in [0.05, 0.1) is 25.8 Å². The van der Waals surface area contributed by atoms with E-state index in [9.17, 15) is 14.4 Å². The Hall–Kier alpha value is -2.19. The first kappa shape index (κ1) is 18.2. The summed E-state index contributed by atoms with van der Waals surface area (Å²) >= 11 is 3.30. The molecule has 0 atom stereocenters. The second-order valence-electron chi connectivity index (χ2n) is 5.17. The van der Waals surface area contributed by atoms with Crippen LogP contribution in [0.15, 0.2) is 33.9 Å². The van der Waals surface area contributed by atoms with Crippen LogP contribution in [0.3, 0.4) is 0 Å². The molecule has 0 bridgehead atoms. The maximum absolute atomic E-state index is 12.5. The van der Waals surface area contributed by atoms with Gasteiger partial charge in [-0.2, -0.15) is 0 Å². The van der Waals surface area contributed by atoms with Crippen LogP contribution in [0, 0.1) is 0 Å². The van der Waals surface area contributed by atoms with Crippen LogP contribution < -0.4 is 5.32 Å². The van der Waals surface area contributed by atoms with E-state index in [2.05, 4.69) is 21.2 Å². The molecule has 2 rings (SSSR count). The van der Waals surface area contributed by atoms with Gasteiger partial charge in [0.15, 0.2) is 5.78 Å². The highest BCUT2D eigenvalue weighted by Gasteiger charge is 2.34. The summed E-state index contributed by atoms with van der Waals surface area (Å²) in [5, 5.41) is 11.9. The molecule has 1 aliphatic heterocycles. The summed E-state index contributed by atoms with van der Waals surface area (Å²) < 4.78 is 5.44. The van der Waals surface area contributed by atoms with Gasteiger partial charge in [-0.15, -0.1) is 0 Å². The van der Waals surface area contributed by atoms with Crippen LogP contribution in [0.2, 0.25) is 0 Å². The van der Waals surface area contributed by atoms with Gasteiger partial charge in [-0.3, -0.25) is 9.59 Å². The molecule has 1 aromatic rings. The average molecular weight is 397 g/mol. The second kappa shape index (κ2) is 7.59. The third-order valence-electron chi connectivity index (χ3n) is 3.57. The number of amides is 1. The van der Waals surface area contributed by atoms with Gasteiger partial charge in [0.1, 0.15) is 5.70 Å². The van der Waals surface area contributed by atoms with E-state index in [0.717, 1.165) is 4.47 Å². The van der Waals surface area contributed by atoms with E-state index in [0.29, 0.717) is 11.3 Å². The zero-order valence-corrected chi connectivity index (χ0v) is 14.8. The number of ketones is 1. The lowest BCUT2D eigenvalue weighted by Gasteiger charge is -2.15. The number of nitrogens with one attached hydrogen (secondary N) is 1. The van der Waals surface area contributed by atoms with Gasteiger partial charge in [-0.05, 0) is 25.1 Å². The molecular formula is C16H17BrN2O5. The third-order valence-corrected chi connectivity index (χ3v) is 4.07. The maximum Gasteiger partial charge on any atom is 0.337 e. The van der Waals surface area contributed by atoms with Crippen molar-refractivity contribution in [3.8, 4) is 0 Å². The van der Waals surface area contributed by atoms with Crippen LogP contribution in [0.5, 0.6) is 0 Å². The lowest BCUT2D eigenvalue weighted by Crippen LogP contribution is -2.31. The summed E-state index contributed by atoms with van der Waals surface area (Å²) in [7, 11) is 1.23. The molecule has 2 N–H and O–H groups in total. The number of carbonyl (C=O) groups is 3. The number of β-amino-alcohol motifs (C(OH)–C–C–N with tert-alkyl or cyclic N) is 1. The van der Waals surface area contributed by atoms with Crippen molar-refractivity contribution in [3.63, 3.8) is 0 Å². The fourth-order valence-corrected chi connectivity index (χ4v) is 2.76. The van der Waals surface area contributed by atoms with Crippen molar-refractivity contribution in [2.24, 2.45) is 0 Å². The Kier molecular flexibility index (Phi) is 5.74. The number of Topliss-reactive ketones (excluding diaryl/α,β-unsaturated/α-hetero) is 1. The monoisotopic (exact) mass is 396 g/mol. The van der Waals surface area contributed by atoms with Gasteiger partial charge in [-0.25, -0.2) is 4.79 Å². The van der Waals surface area contributed by atoms with E-state index in [1.165, 1.54) is 18.9 Å². The molecule has 1 amide bonds. The molecule has 8 heteroatoms. The summed E-state index contributed by atoms with van der Waals surface area (Å²) in [6.45, 7) is 1.34. The predicted octanol–water partition coefficient (Wildman–Crippen LogP) is 1.33. The van der Waals surface area contributed by atoms with Crippen molar-refractivity contribution in [2.75, 3.05) is 32.1 Å². The molecule has 0 saturated heterocycles. The zero-order valence-electron chi connectivity index (χ0n) is 13.3. The Morgan fingerprint density at radius 2 is 2.12 bits per heavy atom. The molecule has 7 nitrogen and oxygen atoms in total. The molecule has 0 radical (unpaired) electrons. The Balaban J connectivity index is 2.43. The van der Waals surface area contributed by atoms with Gasteiger partial charge in [0.2, 0.25) is 0 Å². The lowest BCUT2D eigenvalue weighted by atomic mass is 10.1. The Bertz CT molecular complexity index is 729. The first-order valence-electron chi connectivity index (χ1n) is 7.18. The molecule has 128 valence electrons. The number of carbonyl (C=O) groups excluding carboxylic acids is 3. The van der Waals surface area contributed by atoms with Crippen LogP contribution >= 0.6 is 15.9 Å². The van der Waals surface area contributed by atoms with Gasteiger partial charge in [0.25, 0.3) is 5.91 Å². The number of rotatable bonds is 6. The quantitative estimate of drug-likeness (QED) is 0.556. The summed E-state index contributed by atoms with van der Waals surface area (Å²) in [6.07, 6.45) is 0. The highest BCUT2D eigenvalue weighted by atomic mass is 79.9. The minimum Gasteiger partial charge on any atom is -0.466 e. The van der Waals surface area contributed by atoms with Crippen LogP contribution in [0.4, 0.5) is 5.69 Å². The molecule has 1 heterocycles. The molecular weight excluding hydrogens is 380 g/mol. The summed E-state index contributed by atoms with van der Waals surface area (Å²) in [6, 6.07) is 5.00. The molecule has 1 aromatic carbocycles. The highest BCUT2D eigenvalue weighted by Crippen LogP contribution is 2.27. The van der Waals surface area contributed by atoms with Gasteiger partial charge in [-0.1, -0.05) is 15.9 Å². The SMILES string of the molecule is COC(=O)C1=C(Nc2ccc(Br)cc2C(C)=O)C(=O)N(CCO)C1. The zero-order chi connectivity index (χ0) is 17.9. The Morgan fingerprint density at radius 3 is 2.71 bits per heavy atom. The fraction of sp³-hybridized carbons (Fsp3) is 0.312. The summed E-state index contributed by atoms with van der Waals surface area (Å²) in [4.78, 5) is 37.6. The van der Waals surface area contributed by atoms with Crippen molar-refractivity contribution in [1.82, 2.24) is 4.90 Å². The van der Waals surface area contributed by atoms with E-state index in [4.69, 9.17) is 9.84 Å². The molecule has 24 heavy (non-hydrogen) atoms. The van der Waals surface area contributed by atoms with E-state index in [1.807, 2.05) is 0 Å². The molecule has 0 spiro atoms. The number of ether oxygens (including phenoxy) is 1. The number of benzene rings is 1. The molecule has 0 unspecified atom stereocenters. The predicted molar refractivity (Wildman–Crippen MR) is 90.5 cm³/mol.